The zero-order valence-electron chi connectivity index (χ0n) is 11.9. The van der Waals surface area contributed by atoms with E-state index < -0.39 is 5.97 Å². The summed E-state index contributed by atoms with van der Waals surface area (Å²) in [4.78, 5) is 16.5. The molecule has 0 bridgehead atoms. The van der Waals surface area contributed by atoms with E-state index in [2.05, 4.69) is 25.4 Å². The number of nitrogens with zero attached hydrogens (tertiary/aromatic N) is 3. The van der Waals surface area contributed by atoms with E-state index in [0.29, 0.717) is 22.7 Å². The number of benzene rings is 2. The molecule has 0 aliphatic carbocycles. The highest BCUT2D eigenvalue weighted by Gasteiger charge is 2.14. The van der Waals surface area contributed by atoms with Gasteiger partial charge in [-0.1, -0.05) is 24.3 Å². The van der Waals surface area contributed by atoms with Crippen molar-refractivity contribution in [1.82, 2.24) is 25.4 Å². The predicted molar refractivity (Wildman–Crippen MR) is 82.9 cm³/mol. The molecule has 112 valence electrons. The second-order valence-electron chi connectivity index (χ2n) is 4.89. The fourth-order valence-electron chi connectivity index (χ4n) is 2.35. The van der Waals surface area contributed by atoms with Gasteiger partial charge in [0.1, 0.15) is 12.1 Å². The van der Waals surface area contributed by atoms with Crippen LogP contribution in [0.2, 0.25) is 0 Å². The highest BCUT2D eigenvalue weighted by Crippen LogP contribution is 2.22. The SMILES string of the molecule is O=C(Oc1cccc(-c2ncn[nH]2)c1)c1cccc2cn[nH]c12. The first-order valence-corrected chi connectivity index (χ1v) is 6.91. The van der Waals surface area contributed by atoms with Crippen LogP contribution in [-0.2, 0) is 0 Å². The van der Waals surface area contributed by atoms with Crippen molar-refractivity contribution >= 4 is 16.9 Å². The summed E-state index contributed by atoms with van der Waals surface area (Å²) in [6, 6.07) is 12.4. The lowest BCUT2D eigenvalue weighted by Crippen LogP contribution is -2.09. The van der Waals surface area contributed by atoms with Crippen LogP contribution in [-0.4, -0.2) is 31.3 Å². The zero-order valence-corrected chi connectivity index (χ0v) is 11.9. The van der Waals surface area contributed by atoms with Gasteiger partial charge in [-0.25, -0.2) is 9.78 Å². The van der Waals surface area contributed by atoms with Crippen LogP contribution in [0.25, 0.3) is 22.3 Å². The van der Waals surface area contributed by atoms with Crippen molar-refractivity contribution in [2.24, 2.45) is 0 Å². The van der Waals surface area contributed by atoms with E-state index in [4.69, 9.17) is 4.74 Å². The average molecular weight is 305 g/mol. The molecule has 7 heteroatoms. The molecule has 0 aliphatic heterocycles. The van der Waals surface area contributed by atoms with Gasteiger partial charge in [0.15, 0.2) is 5.82 Å². The summed E-state index contributed by atoms with van der Waals surface area (Å²) in [6.07, 6.45) is 3.09. The summed E-state index contributed by atoms with van der Waals surface area (Å²) in [5.74, 6) is 0.591. The van der Waals surface area contributed by atoms with E-state index in [1.807, 2.05) is 12.1 Å². The van der Waals surface area contributed by atoms with Crippen LogP contribution >= 0.6 is 0 Å². The Morgan fingerprint density at radius 2 is 1.96 bits per heavy atom. The molecule has 0 spiro atoms. The summed E-state index contributed by atoms with van der Waals surface area (Å²) >= 11 is 0. The first-order valence-electron chi connectivity index (χ1n) is 6.91. The van der Waals surface area contributed by atoms with Gasteiger partial charge in [0.25, 0.3) is 0 Å². The smallest absolute Gasteiger partial charge is 0.345 e. The molecule has 0 aliphatic rings. The lowest BCUT2D eigenvalue weighted by atomic mass is 10.1. The molecule has 0 amide bonds. The van der Waals surface area contributed by atoms with Crippen LogP contribution < -0.4 is 4.74 Å². The van der Waals surface area contributed by atoms with E-state index in [9.17, 15) is 4.79 Å². The van der Waals surface area contributed by atoms with Crippen LogP contribution in [0, 0.1) is 0 Å². The summed E-state index contributed by atoms with van der Waals surface area (Å²) in [7, 11) is 0. The molecule has 0 atom stereocenters. The van der Waals surface area contributed by atoms with Crippen LogP contribution in [0.1, 0.15) is 10.4 Å². The minimum absolute atomic E-state index is 0.431. The van der Waals surface area contributed by atoms with E-state index in [1.165, 1.54) is 6.33 Å². The second kappa shape index (κ2) is 5.38. The van der Waals surface area contributed by atoms with E-state index in [-0.39, 0.29) is 0 Å². The molecular formula is C16H11N5O2. The third-order valence-electron chi connectivity index (χ3n) is 3.43. The molecule has 0 fully saturated rings. The number of aromatic nitrogens is 5. The Morgan fingerprint density at radius 1 is 1.04 bits per heavy atom. The maximum absolute atomic E-state index is 12.4. The van der Waals surface area contributed by atoms with Gasteiger partial charge in [0.2, 0.25) is 0 Å². The monoisotopic (exact) mass is 305 g/mol. The molecule has 4 rings (SSSR count). The summed E-state index contributed by atoms with van der Waals surface area (Å²) in [5, 5.41) is 14.2. The van der Waals surface area contributed by atoms with Gasteiger partial charge in [0.05, 0.1) is 17.3 Å². The van der Waals surface area contributed by atoms with Gasteiger partial charge < -0.3 is 4.74 Å². The zero-order chi connectivity index (χ0) is 15.6. The lowest BCUT2D eigenvalue weighted by molar-refractivity contribution is 0.0736. The summed E-state index contributed by atoms with van der Waals surface area (Å²) in [5.41, 5.74) is 1.88. The third kappa shape index (κ3) is 2.44. The number of fused-ring (bicyclic) bond motifs is 1. The molecule has 2 aromatic carbocycles. The minimum atomic E-state index is -0.449. The number of esters is 1. The standard InChI is InChI=1S/C16H11N5O2/c22-16(13-6-2-4-11-8-18-20-14(11)13)23-12-5-1-3-10(7-12)15-17-9-19-21-15/h1-9H,(H,18,20)(H,17,19,21). The summed E-state index contributed by atoms with van der Waals surface area (Å²) in [6.45, 7) is 0. The number of rotatable bonds is 3. The Morgan fingerprint density at radius 3 is 2.83 bits per heavy atom. The molecule has 2 heterocycles. The molecule has 4 aromatic rings. The largest absolute Gasteiger partial charge is 0.423 e. The molecule has 0 radical (unpaired) electrons. The third-order valence-corrected chi connectivity index (χ3v) is 3.43. The molecule has 23 heavy (non-hydrogen) atoms. The van der Waals surface area contributed by atoms with E-state index in [0.717, 1.165) is 10.9 Å². The van der Waals surface area contributed by atoms with Gasteiger partial charge >= 0.3 is 5.97 Å². The number of hydrogen-bond donors (Lipinski definition) is 2. The second-order valence-corrected chi connectivity index (χ2v) is 4.89. The van der Waals surface area contributed by atoms with Crippen molar-refractivity contribution in [2.45, 2.75) is 0 Å². The average Bonchev–Trinajstić information content (AvgIpc) is 3.26. The van der Waals surface area contributed by atoms with Crippen LogP contribution in [0.15, 0.2) is 55.0 Å². The molecular weight excluding hydrogens is 294 g/mol. The maximum Gasteiger partial charge on any atom is 0.345 e. The van der Waals surface area contributed by atoms with Crippen LogP contribution in [0.3, 0.4) is 0 Å². The number of carbonyl (C=O) groups is 1. The van der Waals surface area contributed by atoms with E-state index >= 15 is 0 Å². The van der Waals surface area contributed by atoms with Gasteiger partial charge in [-0.15, -0.1) is 0 Å². The van der Waals surface area contributed by atoms with Crippen molar-refractivity contribution in [1.29, 1.82) is 0 Å². The van der Waals surface area contributed by atoms with Crippen LogP contribution in [0.4, 0.5) is 0 Å². The van der Waals surface area contributed by atoms with Crippen molar-refractivity contribution in [3.8, 4) is 17.1 Å². The highest BCUT2D eigenvalue weighted by molar-refractivity contribution is 6.03. The Kier molecular flexibility index (Phi) is 3.09. The number of para-hydroxylation sites is 1. The van der Waals surface area contributed by atoms with E-state index in [1.54, 1.807) is 36.5 Å². The fraction of sp³-hybridized carbons (Fsp3) is 0. The molecule has 0 saturated carbocycles. The fourth-order valence-corrected chi connectivity index (χ4v) is 2.35. The molecule has 2 aromatic heterocycles. The van der Waals surface area contributed by atoms with Crippen molar-refractivity contribution < 1.29 is 9.53 Å². The number of nitrogens with one attached hydrogen (secondary N) is 2. The molecule has 7 nitrogen and oxygen atoms in total. The van der Waals surface area contributed by atoms with Crippen molar-refractivity contribution in [3.63, 3.8) is 0 Å². The number of ether oxygens (including phenoxy) is 1. The molecule has 0 saturated heterocycles. The number of aromatic amines is 2. The minimum Gasteiger partial charge on any atom is -0.423 e. The molecule has 2 N–H and O–H groups in total. The van der Waals surface area contributed by atoms with Crippen molar-refractivity contribution in [3.05, 3.63) is 60.6 Å². The number of hydrogen-bond acceptors (Lipinski definition) is 5. The summed E-state index contributed by atoms with van der Waals surface area (Å²) < 4.78 is 5.47. The van der Waals surface area contributed by atoms with Gasteiger partial charge in [0, 0.05) is 10.9 Å². The maximum atomic E-state index is 12.4. The predicted octanol–water partition coefficient (Wildman–Crippen LogP) is 2.57. The first kappa shape index (κ1) is 13.2. The first-order chi connectivity index (χ1) is 11.3. The van der Waals surface area contributed by atoms with Gasteiger partial charge in [-0.2, -0.15) is 10.2 Å². The lowest BCUT2D eigenvalue weighted by Gasteiger charge is -2.06. The normalized spacial score (nSPS) is 10.8. The van der Waals surface area contributed by atoms with Gasteiger partial charge in [-0.05, 0) is 18.2 Å². The Hall–Kier alpha value is -3.48. The highest BCUT2D eigenvalue weighted by atomic mass is 16.5. The Bertz CT molecular complexity index is 975. The number of H-pyrrole nitrogens is 2. The molecule has 0 unspecified atom stereocenters. The van der Waals surface area contributed by atoms with Crippen LogP contribution in [0.5, 0.6) is 5.75 Å². The quantitative estimate of drug-likeness (QED) is 0.448. The number of carbonyl (C=O) groups excluding carboxylic acids is 1. The van der Waals surface area contributed by atoms with Crippen molar-refractivity contribution in [2.75, 3.05) is 0 Å². The van der Waals surface area contributed by atoms with Gasteiger partial charge in [-0.3, -0.25) is 10.2 Å². The Labute approximate surface area is 130 Å². The topological polar surface area (TPSA) is 96.6 Å². The Balaban J connectivity index is 1.64.